The Morgan fingerprint density at radius 2 is 0.300 bits per heavy atom. The summed E-state index contributed by atoms with van der Waals surface area (Å²) in [6, 6.07) is 0. The Labute approximate surface area is 136 Å². The van der Waals surface area contributed by atoms with Crippen molar-refractivity contribution in [1.82, 2.24) is 0 Å². The molecule has 0 amide bonds. The summed E-state index contributed by atoms with van der Waals surface area (Å²) in [6.45, 7) is 0. The van der Waals surface area contributed by atoms with E-state index >= 15 is 0 Å². The van der Waals surface area contributed by atoms with Crippen molar-refractivity contribution in [2.75, 3.05) is 0 Å². The maximum Gasteiger partial charge on any atom is 2.00 e. The second kappa shape index (κ2) is 134. The van der Waals surface area contributed by atoms with Gasteiger partial charge in [-0.25, -0.2) is 0 Å². The zero-order chi connectivity index (χ0) is 0. The Bertz CT molecular complexity index is 9.22. The Morgan fingerprint density at radius 3 is 0.300 bits per heavy atom. The van der Waals surface area contributed by atoms with Crippen LogP contribution >= 0.6 is 0 Å². The van der Waals surface area contributed by atoms with Crippen molar-refractivity contribution < 1.29 is 137 Å². The van der Waals surface area contributed by atoms with E-state index in [9.17, 15) is 0 Å². The van der Waals surface area contributed by atoms with Crippen molar-refractivity contribution in [2.24, 2.45) is 0 Å². The van der Waals surface area contributed by atoms with E-state index in [1.54, 1.807) is 0 Å². The third kappa shape index (κ3) is 103. The molecule has 10 heteroatoms. The van der Waals surface area contributed by atoms with Gasteiger partial charge in [-0.2, -0.15) is 0 Å². The molecule has 0 bridgehead atoms. The fraction of sp³-hybridized carbons (Fsp3) is 0. The Balaban J connectivity index is 0. The summed E-state index contributed by atoms with van der Waals surface area (Å²) in [5.74, 6) is 0. The van der Waals surface area contributed by atoms with Crippen LogP contribution in [0.1, 0.15) is 0 Å². The Kier molecular flexibility index (Phi) is 2280. The van der Waals surface area contributed by atoms with E-state index in [-0.39, 0.29) is 137 Å². The quantitative estimate of drug-likeness (QED) is 0.327. The van der Waals surface area contributed by atoms with Crippen LogP contribution in [0.25, 0.3) is 0 Å². The molecule has 0 rings (SSSR count). The summed E-state index contributed by atoms with van der Waals surface area (Å²) < 4.78 is 0. The van der Waals surface area contributed by atoms with E-state index in [0.717, 1.165) is 0 Å². The van der Waals surface area contributed by atoms with Gasteiger partial charge in [0.25, 0.3) is 0 Å². The van der Waals surface area contributed by atoms with E-state index in [1.807, 2.05) is 0 Å². The molecule has 79 valence electrons. The molecular formula is Cl8CuMo-6. The van der Waals surface area contributed by atoms with Crippen LogP contribution in [0.5, 0.6) is 0 Å². The molecule has 0 N–H and O–H groups in total. The molecular weight excluding hydrogens is 443 g/mol. The first-order valence-electron chi connectivity index (χ1n) is 0. The molecule has 0 fully saturated rings. The van der Waals surface area contributed by atoms with E-state index in [0.29, 0.717) is 0 Å². The van der Waals surface area contributed by atoms with Crippen LogP contribution in [-0.4, -0.2) is 0 Å². The number of rotatable bonds is 0. The first-order valence-corrected chi connectivity index (χ1v) is 0. The molecule has 0 atom stereocenters. The predicted molar refractivity (Wildman–Crippen MR) is 0 cm³/mol. The average Bonchev–Trinajstić information content (AvgIpc) is 0. The van der Waals surface area contributed by atoms with Gasteiger partial charge in [0.15, 0.2) is 0 Å². The van der Waals surface area contributed by atoms with Crippen LogP contribution < -0.4 is 99.3 Å². The van der Waals surface area contributed by atoms with Crippen molar-refractivity contribution in [3.8, 4) is 0 Å². The second-order valence-corrected chi connectivity index (χ2v) is 0. The monoisotopic (exact) mass is 441 g/mol. The maximum absolute atomic E-state index is 0. The predicted octanol–water partition coefficient (Wildman–Crippen LogP) is -24.0. The number of hydrogen-bond donors (Lipinski definition) is 0. The van der Waals surface area contributed by atoms with Gasteiger partial charge in [-0.3, -0.25) is 0 Å². The van der Waals surface area contributed by atoms with Gasteiger partial charge >= 0.3 is 17.1 Å². The molecule has 0 aromatic heterocycles. The minimum absolute atomic E-state index is 0. The summed E-state index contributed by atoms with van der Waals surface area (Å²) >= 11 is 0. The zero-order valence-electron chi connectivity index (χ0n) is 3.73. The molecule has 0 aliphatic carbocycles. The third-order valence-corrected chi connectivity index (χ3v) is 0. The second-order valence-electron chi connectivity index (χ2n) is 0. The van der Waals surface area contributed by atoms with Crippen molar-refractivity contribution in [1.29, 1.82) is 0 Å². The average molecular weight is 443 g/mol. The van der Waals surface area contributed by atoms with Gasteiger partial charge in [-0.1, -0.05) is 0 Å². The van der Waals surface area contributed by atoms with Gasteiger partial charge in [-0.15, -0.1) is 0 Å². The fourth-order valence-corrected chi connectivity index (χ4v) is 0. The summed E-state index contributed by atoms with van der Waals surface area (Å²) in [4.78, 5) is 0. The molecule has 0 saturated carbocycles. The van der Waals surface area contributed by atoms with Gasteiger partial charge in [-0.05, 0) is 0 Å². The van der Waals surface area contributed by atoms with E-state index in [2.05, 4.69) is 0 Å². The van der Waals surface area contributed by atoms with Gasteiger partial charge in [0.05, 0.1) is 0 Å². The summed E-state index contributed by atoms with van der Waals surface area (Å²) in [5.41, 5.74) is 0. The molecule has 0 heterocycles. The topological polar surface area (TPSA) is 0 Å². The molecule has 0 saturated heterocycles. The van der Waals surface area contributed by atoms with Crippen LogP contribution in [0.3, 0.4) is 0 Å². The van der Waals surface area contributed by atoms with Gasteiger partial charge in [0.2, 0.25) is 0 Å². The summed E-state index contributed by atoms with van der Waals surface area (Å²) in [7, 11) is 0. The standard InChI is InChI=1S/8ClH.Cu.Mo/h8*1H;;/q;;;;;;;;+2;/p-8. The number of halogens is 8. The molecule has 0 aromatic rings. The van der Waals surface area contributed by atoms with Crippen molar-refractivity contribution in [3.05, 3.63) is 0 Å². The summed E-state index contributed by atoms with van der Waals surface area (Å²) in [6.07, 6.45) is 0. The molecule has 0 spiro atoms. The molecule has 0 unspecified atom stereocenters. The van der Waals surface area contributed by atoms with Crippen molar-refractivity contribution >= 4 is 0 Å². The molecule has 0 aromatic carbocycles. The van der Waals surface area contributed by atoms with Crippen LogP contribution in [0.2, 0.25) is 0 Å². The molecule has 0 aliphatic rings. The van der Waals surface area contributed by atoms with Crippen LogP contribution in [0.15, 0.2) is 0 Å². The van der Waals surface area contributed by atoms with E-state index < -0.39 is 0 Å². The smallest absolute Gasteiger partial charge is 1.00 e. The number of hydrogen-bond acceptors (Lipinski definition) is 0. The van der Waals surface area contributed by atoms with E-state index in [1.165, 1.54) is 0 Å². The molecule has 0 nitrogen and oxygen atoms in total. The Morgan fingerprint density at radius 1 is 0.300 bits per heavy atom. The van der Waals surface area contributed by atoms with Gasteiger partial charge in [0.1, 0.15) is 0 Å². The van der Waals surface area contributed by atoms with E-state index in [4.69, 9.17) is 0 Å². The van der Waals surface area contributed by atoms with Crippen molar-refractivity contribution in [2.45, 2.75) is 0 Å². The maximum atomic E-state index is 0. The first kappa shape index (κ1) is 171. The molecule has 10 heavy (non-hydrogen) atoms. The largest absolute Gasteiger partial charge is 2.00 e. The molecule has 1 radical (unpaired) electrons. The summed E-state index contributed by atoms with van der Waals surface area (Å²) in [5, 5.41) is 0. The van der Waals surface area contributed by atoms with Crippen LogP contribution in [-0.2, 0) is 38.1 Å². The van der Waals surface area contributed by atoms with Gasteiger partial charge < -0.3 is 99.3 Å². The minimum atomic E-state index is 0. The Hall–Kier alpha value is 3.53. The zero-order valence-corrected chi connectivity index (χ0v) is 12.7. The minimum Gasteiger partial charge on any atom is -1.00 e. The first-order chi connectivity index (χ1) is 0. The SMILES string of the molecule is [Cl-].[Cl-].[Cl-].[Cl-].[Cl-].[Cl-].[Cl-].[Cl-].[Cu+2].[Mo]. The van der Waals surface area contributed by atoms with Crippen LogP contribution in [0.4, 0.5) is 0 Å². The van der Waals surface area contributed by atoms with Gasteiger partial charge in [0, 0.05) is 21.1 Å². The third-order valence-electron chi connectivity index (χ3n) is 0. The fourth-order valence-electron chi connectivity index (χ4n) is 0. The van der Waals surface area contributed by atoms with Crippen molar-refractivity contribution in [3.63, 3.8) is 0 Å². The van der Waals surface area contributed by atoms with Crippen LogP contribution in [0, 0.1) is 0 Å². The molecule has 0 aliphatic heterocycles. The normalized spacial score (nSPS) is 0.